The first-order valence-corrected chi connectivity index (χ1v) is 5.04. The summed E-state index contributed by atoms with van der Waals surface area (Å²) in [6.45, 7) is 0. The average molecular weight is 265 g/mol. The van der Waals surface area contributed by atoms with Crippen molar-refractivity contribution < 1.29 is 5.11 Å². The minimum absolute atomic E-state index is 0.126. The van der Waals surface area contributed by atoms with Crippen LogP contribution >= 0.6 is 15.9 Å². The summed E-state index contributed by atoms with van der Waals surface area (Å²) < 4.78 is 0.943. The van der Waals surface area contributed by atoms with E-state index in [4.69, 9.17) is 0 Å². The monoisotopic (exact) mass is 264 g/mol. The highest BCUT2D eigenvalue weighted by molar-refractivity contribution is 9.10. The lowest BCUT2D eigenvalue weighted by Crippen LogP contribution is -1.85. The van der Waals surface area contributed by atoms with Gasteiger partial charge in [-0.1, -0.05) is 15.9 Å². The molecular weight excluding hydrogens is 260 g/mol. The van der Waals surface area contributed by atoms with Crippen LogP contribution in [0.3, 0.4) is 0 Å². The van der Waals surface area contributed by atoms with Crippen LogP contribution in [0.2, 0.25) is 0 Å². The second-order valence-corrected chi connectivity index (χ2v) is 4.05. The predicted molar refractivity (Wildman–Crippen MR) is 58.6 cm³/mol. The smallest absolute Gasteiger partial charge is 0.258 e. The molecule has 0 saturated carbocycles. The molecule has 0 aliphatic rings. The van der Waals surface area contributed by atoms with Gasteiger partial charge in [0.25, 0.3) is 5.88 Å². The highest BCUT2D eigenvalue weighted by Crippen LogP contribution is 2.26. The van der Waals surface area contributed by atoms with Gasteiger partial charge in [0.2, 0.25) is 0 Å². The van der Waals surface area contributed by atoms with Crippen molar-refractivity contribution in [2.75, 3.05) is 0 Å². The zero-order valence-electron chi connectivity index (χ0n) is 7.40. The maximum atomic E-state index is 9.38. The molecule has 3 rings (SSSR count). The van der Waals surface area contributed by atoms with Gasteiger partial charge in [-0.3, -0.25) is 5.10 Å². The van der Waals surface area contributed by atoms with Gasteiger partial charge in [-0.2, -0.15) is 0 Å². The normalized spacial score (nSPS) is 11.3. The molecule has 0 radical (unpaired) electrons. The average Bonchev–Trinajstić information content (AvgIpc) is 2.61. The summed E-state index contributed by atoms with van der Waals surface area (Å²) >= 11 is 3.38. The van der Waals surface area contributed by atoms with Crippen LogP contribution in [0.5, 0.6) is 5.88 Å². The molecule has 0 saturated heterocycles. The van der Waals surface area contributed by atoms with Gasteiger partial charge < -0.3 is 5.11 Å². The summed E-state index contributed by atoms with van der Waals surface area (Å²) in [5.41, 5.74) is 1.84. The number of aromatic nitrogens is 4. The molecule has 0 aliphatic heterocycles. The fourth-order valence-corrected chi connectivity index (χ4v) is 1.87. The summed E-state index contributed by atoms with van der Waals surface area (Å²) in [7, 11) is 0. The minimum Gasteiger partial charge on any atom is -0.491 e. The van der Waals surface area contributed by atoms with Crippen LogP contribution in [0.1, 0.15) is 0 Å². The third-order valence-electron chi connectivity index (χ3n) is 2.21. The number of halogens is 1. The number of aromatic amines is 1. The first-order chi connectivity index (χ1) is 7.25. The summed E-state index contributed by atoms with van der Waals surface area (Å²) in [5, 5.41) is 24.6. The number of nitrogens with one attached hydrogen (secondary N) is 1. The number of hydrogen-bond acceptors (Lipinski definition) is 4. The fourth-order valence-electron chi connectivity index (χ4n) is 1.51. The molecule has 1 aromatic carbocycles. The SMILES string of the molecule is Oc1n[nH]c2c1nnc1ccc(Br)cc12. The Bertz CT molecular complexity index is 664. The summed E-state index contributed by atoms with van der Waals surface area (Å²) in [4.78, 5) is 0. The topological polar surface area (TPSA) is 74.7 Å². The van der Waals surface area contributed by atoms with Crippen molar-refractivity contribution in [1.29, 1.82) is 0 Å². The van der Waals surface area contributed by atoms with Gasteiger partial charge in [-0.05, 0) is 18.2 Å². The van der Waals surface area contributed by atoms with Crippen LogP contribution in [0.4, 0.5) is 0 Å². The van der Waals surface area contributed by atoms with Crippen LogP contribution in [0, 0.1) is 0 Å². The van der Waals surface area contributed by atoms with E-state index in [0.29, 0.717) is 11.0 Å². The number of aromatic hydroxyl groups is 1. The van der Waals surface area contributed by atoms with Gasteiger partial charge in [-0.25, -0.2) is 0 Å². The molecule has 3 aromatic rings. The molecule has 0 amide bonds. The maximum Gasteiger partial charge on any atom is 0.258 e. The number of fused-ring (bicyclic) bond motifs is 3. The molecule has 2 N–H and O–H groups in total. The van der Waals surface area contributed by atoms with Gasteiger partial charge in [0, 0.05) is 9.86 Å². The Morgan fingerprint density at radius 1 is 1.27 bits per heavy atom. The second kappa shape index (κ2) is 2.90. The number of benzene rings is 1. The van der Waals surface area contributed by atoms with Crippen LogP contribution in [0.25, 0.3) is 21.9 Å². The molecular formula is C9H5BrN4O. The van der Waals surface area contributed by atoms with Gasteiger partial charge in [0.1, 0.15) is 0 Å². The second-order valence-electron chi connectivity index (χ2n) is 3.13. The Morgan fingerprint density at radius 3 is 3.00 bits per heavy atom. The van der Waals surface area contributed by atoms with E-state index < -0.39 is 0 Å². The Balaban J connectivity index is 2.57. The first kappa shape index (κ1) is 8.60. The number of nitrogens with zero attached hydrogens (tertiary/aromatic N) is 3. The van der Waals surface area contributed by atoms with Crippen LogP contribution in [0.15, 0.2) is 22.7 Å². The van der Waals surface area contributed by atoms with Crippen molar-refractivity contribution in [1.82, 2.24) is 20.4 Å². The molecule has 6 heteroatoms. The minimum atomic E-state index is -0.126. The Kier molecular flexibility index (Phi) is 1.66. The highest BCUT2D eigenvalue weighted by Gasteiger charge is 2.10. The standard InChI is InChI=1S/C9H5BrN4O/c10-4-1-2-6-5(3-4)7-8(13-11-6)9(15)14-12-7/h1-3H,(H2,12,14,15). The number of hydrogen-bond donors (Lipinski definition) is 2. The molecule has 2 heterocycles. The van der Waals surface area contributed by atoms with E-state index in [-0.39, 0.29) is 5.88 Å². The van der Waals surface area contributed by atoms with Crippen LogP contribution in [-0.4, -0.2) is 25.5 Å². The van der Waals surface area contributed by atoms with E-state index in [1.165, 1.54) is 0 Å². The Hall–Kier alpha value is -1.69. The lowest BCUT2D eigenvalue weighted by atomic mass is 10.2. The Labute approximate surface area is 92.3 Å². The zero-order valence-corrected chi connectivity index (χ0v) is 8.98. The molecule has 0 atom stereocenters. The molecule has 0 spiro atoms. The Morgan fingerprint density at radius 2 is 2.13 bits per heavy atom. The van der Waals surface area contributed by atoms with E-state index >= 15 is 0 Å². The van der Waals surface area contributed by atoms with Crippen molar-refractivity contribution in [3.8, 4) is 5.88 Å². The maximum absolute atomic E-state index is 9.38. The molecule has 2 aromatic heterocycles. The van der Waals surface area contributed by atoms with E-state index in [2.05, 4.69) is 36.3 Å². The third kappa shape index (κ3) is 1.18. The molecule has 74 valence electrons. The lowest BCUT2D eigenvalue weighted by molar-refractivity contribution is 0.456. The van der Waals surface area contributed by atoms with Gasteiger partial charge in [0.05, 0.1) is 11.0 Å². The number of rotatable bonds is 0. The molecule has 0 fully saturated rings. The van der Waals surface area contributed by atoms with Gasteiger partial charge >= 0.3 is 0 Å². The van der Waals surface area contributed by atoms with E-state index in [9.17, 15) is 5.11 Å². The first-order valence-electron chi connectivity index (χ1n) is 4.25. The van der Waals surface area contributed by atoms with Crippen LogP contribution in [-0.2, 0) is 0 Å². The summed E-state index contributed by atoms with van der Waals surface area (Å²) in [6, 6.07) is 5.65. The third-order valence-corrected chi connectivity index (χ3v) is 2.70. The summed E-state index contributed by atoms with van der Waals surface area (Å²) in [5.74, 6) is -0.126. The van der Waals surface area contributed by atoms with Crippen molar-refractivity contribution >= 4 is 37.9 Å². The largest absolute Gasteiger partial charge is 0.491 e. The van der Waals surface area contributed by atoms with Gasteiger partial charge in [-0.15, -0.1) is 15.3 Å². The predicted octanol–water partition coefficient (Wildman–Crippen LogP) is 1.97. The van der Waals surface area contributed by atoms with Crippen molar-refractivity contribution in [3.05, 3.63) is 22.7 Å². The molecule has 0 unspecified atom stereocenters. The number of H-pyrrole nitrogens is 1. The quantitative estimate of drug-likeness (QED) is 0.651. The molecule has 0 bridgehead atoms. The van der Waals surface area contributed by atoms with Gasteiger partial charge in [0.15, 0.2) is 5.52 Å². The fraction of sp³-hybridized carbons (Fsp3) is 0. The molecule has 5 nitrogen and oxygen atoms in total. The lowest BCUT2D eigenvalue weighted by Gasteiger charge is -1.97. The summed E-state index contributed by atoms with van der Waals surface area (Å²) in [6.07, 6.45) is 0. The van der Waals surface area contributed by atoms with E-state index in [1.54, 1.807) is 0 Å². The van der Waals surface area contributed by atoms with Crippen molar-refractivity contribution in [2.45, 2.75) is 0 Å². The van der Waals surface area contributed by atoms with Crippen molar-refractivity contribution in [2.24, 2.45) is 0 Å². The van der Waals surface area contributed by atoms with E-state index in [0.717, 1.165) is 15.4 Å². The van der Waals surface area contributed by atoms with E-state index in [1.807, 2.05) is 18.2 Å². The van der Waals surface area contributed by atoms with Crippen molar-refractivity contribution in [3.63, 3.8) is 0 Å². The van der Waals surface area contributed by atoms with Crippen LogP contribution < -0.4 is 0 Å². The molecule has 15 heavy (non-hydrogen) atoms. The highest BCUT2D eigenvalue weighted by atomic mass is 79.9. The molecule has 0 aliphatic carbocycles. The zero-order chi connectivity index (χ0) is 10.4.